The van der Waals surface area contributed by atoms with E-state index in [0.717, 1.165) is 16.9 Å². The highest BCUT2D eigenvalue weighted by atomic mass is 32.1. The molecule has 0 spiro atoms. The van der Waals surface area contributed by atoms with Gasteiger partial charge >= 0.3 is 0 Å². The zero-order valence-electron chi connectivity index (χ0n) is 13.7. The summed E-state index contributed by atoms with van der Waals surface area (Å²) >= 11 is 1.08. The zero-order valence-corrected chi connectivity index (χ0v) is 14.6. The lowest BCUT2D eigenvalue weighted by molar-refractivity contribution is 0.0849. The van der Waals surface area contributed by atoms with Gasteiger partial charge < -0.3 is 9.73 Å². The molecule has 7 nitrogen and oxygen atoms in total. The molecule has 0 aliphatic rings. The predicted octanol–water partition coefficient (Wildman–Crippen LogP) is 2.98. The molecule has 3 amide bonds. The van der Waals surface area contributed by atoms with Crippen molar-refractivity contribution < 1.29 is 18.8 Å². The van der Waals surface area contributed by atoms with Gasteiger partial charge in [-0.05, 0) is 43.3 Å². The molecule has 3 N–H and O–H groups in total. The van der Waals surface area contributed by atoms with E-state index >= 15 is 0 Å². The number of carbonyl (C=O) groups excluding carboxylic acids is 3. The molecule has 0 unspecified atom stereocenters. The molecule has 0 aliphatic carbocycles. The van der Waals surface area contributed by atoms with E-state index in [1.807, 2.05) is 19.1 Å². The third kappa shape index (κ3) is 4.17. The minimum atomic E-state index is -0.478. The standard InChI is InChI=1S/C18H15N3O4S/c1-11-4-6-12(7-5-11)16(22)20-21-18(24)14-8-9-15(26-14)19-17(23)13-3-2-10-25-13/h2-10H,1H3,(H,19,23)(H,20,22)(H,21,24). The van der Waals surface area contributed by atoms with Gasteiger partial charge in [0, 0.05) is 5.56 Å². The highest BCUT2D eigenvalue weighted by molar-refractivity contribution is 7.18. The summed E-state index contributed by atoms with van der Waals surface area (Å²) in [4.78, 5) is 36.3. The van der Waals surface area contributed by atoms with Gasteiger partial charge in [0.1, 0.15) is 0 Å². The Labute approximate surface area is 153 Å². The minimum absolute atomic E-state index is 0.176. The summed E-state index contributed by atoms with van der Waals surface area (Å²) in [5.74, 6) is -1.12. The Morgan fingerprint density at radius 3 is 2.31 bits per heavy atom. The number of hydrazine groups is 1. The zero-order chi connectivity index (χ0) is 18.5. The van der Waals surface area contributed by atoms with Crippen molar-refractivity contribution in [2.45, 2.75) is 6.92 Å². The van der Waals surface area contributed by atoms with E-state index < -0.39 is 17.7 Å². The van der Waals surface area contributed by atoms with Crippen molar-refractivity contribution in [2.24, 2.45) is 0 Å². The Kier molecular flexibility index (Phi) is 5.14. The highest BCUT2D eigenvalue weighted by Crippen LogP contribution is 2.22. The van der Waals surface area contributed by atoms with Crippen molar-refractivity contribution in [1.29, 1.82) is 0 Å². The summed E-state index contributed by atoms with van der Waals surface area (Å²) in [7, 11) is 0. The Morgan fingerprint density at radius 1 is 0.885 bits per heavy atom. The van der Waals surface area contributed by atoms with Crippen LogP contribution in [0, 0.1) is 6.92 Å². The van der Waals surface area contributed by atoms with Crippen LogP contribution in [0.15, 0.2) is 59.2 Å². The van der Waals surface area contributed by atoms with E-state index in [1.54, 1.807) is 30.3 Å². The maximum absolute atomic E-state index is 12.1. The van der Waals surface area contributed by atoms with Gasteiger partial charge in [0.25, 0.3) is 17.7 Å². The molecule has 0 fully saturated rings. The van der Waals surface area contributed by atoms with Crippen LogP contribution in [-0.4, -0.2) is 17.7 Å². The monoisotopic (exact) mass is 369 g/mol. The molecule has 2 heterocycles. The average molecular weight is 369 g/mol. The lowest BCUT2D eigenvalue weighted by atomic mass is 10.1. The Morgan fingerprint density at radius 2 is 1.62 bits per heavy atom. The van der Waals surface area contributed by atoms with Crippen LogP contribution in [0.3, 0.4) is 0 Å². The van der Waals surface area contributed by atoms with Gasteiger partial charge in [-0.3, -0.25) is 25.2 Å². The van der Waals surface area contributed by atoms with Crippen LogP contribution in [0.2, 0.25) is 0 Å². The Bertz CT molecular complexity index is 930. The average Bonchev–Trinajstić information content (AvgIpc) is 3.32. The molecule has 3 aromatic rings. The largest absolute Gasteiger partial charge is 0.459 e. The van der Waals surface area contributed by atoms with Crippen LogP contribution in [0.5, 0.6) is 0 Å². The van der Waals surface area contributed by atoms with E-state index in [-0.39, 0.29) is 5.76 Å². The van der Waals surface area contributed by atoms with Crippen molar-refractivity contribution in [1.82, 2.24) is 10.9 Å². The van der Waals surface area contributed by atoms with Gasteiger partial charge in [0.15, 0.2) is 5.76 Å². The third-order valence-corrected chi connectivity index (χ3v) is 4.41. The fourth-order valence-corrected chi connectivity index (χ4v) is 2.86. The lowest BCUT2D eigenvalue weighted by Gasteiger charge is -2.06. The second-order valence-corrected chi connectivity index (χ2v) is 6.45. The van der Waals surface area contributed by atoms with Crippen LogP contribution in [-0.2, 0) is 0 Å². The number of aryl methyl sites for hydroxylation is 1. The van der Waals surface area contributed by atoms with Crippen molar-refractivity contribution in [3.8, 4) is 0 Å². The lowest BCUT2D eigenvalue weighted by Crippen LogP contribution is -2.41. The summed E-state index contributed by atoms with van der Waals surface area (Å²) in [6.07, 6.45) is 1.40. The number of anilines is 1. The fraction of sp³-hybridized carbons (Fsp3) is 0.0556. The molecule has 0 radical (unpaired) electrons. The summed E-state index contributed by atoms with van der Waals surface area (Å²) in [5.41, 5.74) is 6.18. The van der Waals surface area contributed by atoms with Gasteiger partial charge in [0.05, 0.1) is 16.1 Å². The van der Waals surface area contributed by atoms with Crippen LogP contribution in [0.4, 0.5) is 5.00 Å². The molecule has 3 rings (SSSR count). The number of rotatable bonds is 4. The molecular weight excluding hydrogens is 354 g/mol. The normalized spacial score (nSPS) is 10.2. The molecule has 0 saturated heterocycles. The van der Waals surface area contributed by atoms with Crippen LogP contribution in [0.25, 0.3) is 0 Å². The SMILES string of the molecule is Cc1ccc(C(=O)NNC(=O)c2ccc(NC(=O)c3ccco3)s2)cc1. The second kappa shape index (κ2) is 7.66. The quantitative estimate of drug-likeness (QED) is 0.616. The third-order valence-electron chi connectivity index (χ3n) is 3.41. The van der Waals surface area contributed by atoms with Gasteiger partial charge in [-0.25, -0.2) is 0 Å². The summed E-state index contributed by atoms with van der Waals surface area (Å²) in [6, 6.07) is 13.3. The first-order valence-corrected chi connectivity index (χ1v) is 8.46. The summed E-state index contributed by atoms with van der Waals surface area (Å²) < 4.78 is 5.00. The van der Waals surface area contributed by atoms with Crippen molar-refractivity contribution in [3.63, 3.8) is 0 Å². The van der Waals surface area contributed by atoms with Crippen LogP contribution in [0.1, 0.15) is 36.1 Å². The molecule has 0 atom stereocenters. The fourth-order valence-electron chi connectivity index (χ4n) is 2.06. The molecule has 26 heavy (non-hydrogen) atoms. The van der Waals surface area contributed by atoms with E-state index in [0.29, 0.717) is 15.4 Å². The Hall–Kier alpha value is -3.39. The molecule has 0 bridgehead atoms. The smallest absolute Gasteiger partial charge is 0.291 e. The minimum Gasteiger partial charge on any atom is -0.459 e. The van der Waals surface area contributed by atoms with E-state index in [9.17, 15) is 14.4 Å². The van der Waals surface area contributed by atoms with Gasteiger partial charge in [0.2, 0.25) is 0 Å². The molecule has 0 saturated carbocycles. The number of benzene rings is 1. The Balaban J connectivity index is 1.55. The van der Waals surface area contributed by atoms with E-state index in [1.165, 1.54) is 12.3 Å². The van der Waals surface area contributed by atoms with Crippen LogP contribution >= 0.6 is 11.3 Å². The number of hydrogen-bond donors (Lipinski definition) is 3. The number of nitrogens with one attached hydrogen (secondary N) is 3. The first-order valence-electron chi connectivity index (χ1n) is 7.65. The molecule has 2 aromatic heterocycles. The number of furan rings is 1. The number of hydrogen-bond acceptors (Lipinski definition) is 5. The molecule has 132 valence electrons. The predicted molar refractivity (Wildman–Crippen MR) is 97.1 cm³/mol. The molecule has 8 heteroatoms. The topological polar surface area (TPSA) is 100 Å². The number of carbonyl (C=O) groups is 3. The van der Waals surface area contributed by atoms with Crippen molar-refractivity contribution >= 4 is 34.1 Å². The van der Waals surface area contributed by atoms with Crippen LogP contribution < -0.4 is 16.2 Å². The van der Waals surface area contributed by atoms with Crippen molar-refractivity contribution in [2.75, 3.05) is 5.32 Å². The van der Waals surface area contributed by atoms with Gasteiger partial charge in [-0.2, -0.15) is 0 Å². The van der Waals surface area contributed by atoms with E-state index in [4.69, 9.17) is 4.42 Å². The highest BCUT2D eigenvalue weighted by Gasteiger charge is 2.14. The molecule has 0 aliphatic heterocycles. The summed E-state index contributed by atoms with van der Waals surface area (Å²) in [5, 5.41) is 3.12. The number of thiophene rings is 1. The first kappa shape index (κ1) is 17.4. The second-order valence-electron chi connectivity index (χ2n) is 5.37. The maximum atomic E-state index is 12.1. The maximum Gasteiger partial charge on any atom is 0.291 e. The van der Waals surface area contributed by atoms with Gasteiger partial charge in [-0.1, -0.05) is 17.7 Å². The first-order chi connectivity index (χ1) is 12.5. The molecular formula is C18H15N3O4S. The number of amides is 3. The van der Waals surface area contributed by atoms with Gasteiger partial charge in [-0.15, -0.1) is 11.3 Å². The summed E-state index contributed by atoms with van der Waals surface area (Å²) in [6.45, 7) is 1.92. The molecule has 1 aromatic carbocycles. The van der Waals surface area contributed by atoms with E-state index in [2.05, 4.69) is 16.2 Å². The van der Waals surface area contributed by atoms with Crippen molar-refractivity contribution in [3.05, 3.63) is 76.6 Å².